The molecular formula is C16H22N2. The summed E-state index contributed by atoms with van der Waals surface area (Å²) in [6, 6.07) is 6.72. The summed E-state index contributed by atoms with van der Waals surface area (Å²) in [5.41, 5.74) is 5.98. The van der Waals surface area contributed by atoms with Crippen LogP contribution in [-0.2, 0) is 13.0 Å². The van der Waals surface area contributed by atoms with Gasteiger partial charge in [-0.1, -0.05) is 23.8 Å². The summed E-state index contributed by atoms with van der Waals surface area (Å²) >= 11 is 0. The van der Waals surface area contributed by atoms with Crippen LogP contribution < -0.4 is 5.32 Å². The highest BCUT2D eigenvalue weighted by atomic mass is 15.1. The zero-order valence-electron chi connectivity index (χ0n) is 11.2. The molecule has 3 rings (SSSR count). The lowest BCUT2D eigenvalue weighted by molar-refractivity contribution is 0.285. The third-order valence-corrected chi connectivity index (χ3v) is 4.11. The van der Waals surface area contributed by atoms with Crippen molar-refractivity contribution in [3.8, 4) is 0 Å². The summed E-state index contributed by atoms with van der Waals surface area (Å²) in [5.74, 6) is 0. The van der Waals surface area contributed by atoms with Crippen LogP contribution in [0.2, 0.25) is 0 Å². The van der Waals surface area contributed by atoms with Crippen LogP contribution in [0, 0.1) is 0 Å². The van der Waals surface area contributed by atoms with E-state index in [1.54, 1.807) is 11.1 Å². The van der Waals surface area contributed by atoms with Crippen LogP contribution in [0.1, 0.15) is 30.9 Å². The number of hydrogen-bond donors (Lipinski definition) is 1. The number of fused-ring (bicyclic) bond motifs is 1. The van der Waals surface area contributed by atoms with Crippen molar-refractivity contribution in [1.82, 2.24) is 4.90 Å². The number of rotatable bonds is 2. The van der Waals surface area contributed by atoms with Gasteiger partial charge in [0.1, 0.15) is 0 Å². The first-order chi connectivity index (χ1) is 8.83. The Morgan fingerprint density at radius 1 is 1.28 bits per heavy atom. The van der Waals surface area contributed by atoms with Crippen LogP contribution in [0.4, 0.5) is 5.69 Å². The standard InChI is InChI=1S/C16H22N2/c1-13-7-10-18(11-8-13)12-14-4-2-6-16-15(14)5-3-9-17-16/h2,4,6-7,17H,3,5,8-12H2,1H3. The van der Waals surface area contributed by atoms with Gasteiger partial charge in [-0.3, -0.25) is 4.90 Å². The quantitative estimate of drug-likeness (QED) is 0.801. The fraction of sp³-hybridized carbons (Fsp3) is 0.500. The Morgan fingerprint density at radius 2 is 2.22 bits per heavy atom. The van der Waals surface area contributed by atoms with Gasteiger partial charge >= 0.3 is 0 Å². The Bertz CT molecular complexity index is 462. The van der Waals surface area contributed by atoms with Gasteiger partial charge in [-0.25, -0.2) is 0 Å². The highest BCUT2D eigenvalue weighted by Gasteiger charge is 2.15. The predicted molar refractivity (Wildman–Crippen MR) is 76.9 cm³/mol. The Kier molecular flexibility index (Phi) is 3.37. The lowest BCUT2D eigenvalue weighted by Gasteiger charge is -2.28. The second-order valence-corrected chi connectivity index (χ2v) is 5.51. The third-order valence-electron chi connectivity index (χ3n) is 4.11. The zero-order valence-corrected chi connectivity index (χ0v) is 11.2. The maximum Gasteiger partial charge on any atom is 0.0375 e. The summed E-state index contributed by atoms with van der Waals surface area (Å²) in [4.78, 5) is 2.55. The average molecular weight is 242 g/mol. The molecule has 2 heterocycles. The average Bonchev–Trinajstić information content (AvgIpc) is 2.42. The first-order valence-electron chi connectivity index (χ1n) is 7.05. The lowest BCUT2D eigenvalue weighted by Crippen LogP contribution is -2.28. The van der Waals surface area contributed by atoms with Gasteiger partial charge in [0, 0.05) is 31.9 Å². The van der Waals surface area contributed by atoms with E-state index in [1.807, 2.05) is 0 Å². The summed E-state index contributed by atoms with van der Waals surface area (Å²) < 4.78 is 0. The molecule has 0 aliphatic carbocycles. The summed E-state index contributed by atoms with van der Waals surface area (Å²) in [6.07, 6.45) is 6.11. The molecule has 96 valence electrons. The molecule has 0 saturated carbocycles. The Labute approximate surface area is 110 Å². The summed E-state index contributed by atoms with van der Waals surface area (Å²) in [6.45, 7) is 6.80. The normalized spacial score (nSPS) is 19.9. The van der Waals surface area contributed by atoms with Gasteiger partial charge in [0.15, 0.2) is 0 Å². The molecule has 0 saturated heterocycles. The largest absolute Gasteiger partial charge is 0.385 e. The highest BCUT2D eigenvalue weighted by Crippen LogP contribution is 2.26. The van der Waals surface area contributed by atoms with Crippen molar-refractivity contribution in [2.45, 2.75) is 32.7 Å². The fourth-order valence-electron chi connectivity index (χ4n) is 2.93. The smallest absolute Gasteiger partial charge is 0.0375 e. The molecule has 2 aliphatic heterocycles. The van der Waals surface area contributed by atoms with Crippen molar-refractivity contribution in [3.05, 3.63) is 41.0 Å². The van der Waals surface area contributed by atoms with Gasteiger partial charge < -0.3 is 5.32 Å². The second kappa shape index (κ2) is 5.15. The first-order valence-corrected chi connectivity index (χ1v) is 7.05. The van der Waals surface area contributed by atoms with Gasteiger partial charge in [0.2, 0.25) is 0 Å². The van der Waals surface area contributed by atoms with Crippen molar-refractivity contribution in [3.63, 3.8) is 0 Å². The van der Waals surface area contributed by atoms with Gasteiger partial charge in [0.25, 0.3) is 0 Å². The number of hydrogen-bond acceptors (Lipinski definition) is 2. The molecule has 0 spiro atoms. The Morgan fingerprint density at radius 3 is 3.06 bits per heavy atom. The SMILES string of the molecule is CC1=CCN(Cc2cccc3c2CCCN3)CC1. The van der Waals surface area contributed by atoms with Crippen molar-refractivity contribution >= 4 is 5.69 Å². The summed E-state index contributed by atoms with van der Waals surface area (Å²) in [7, 11) is 0. The minimum absolute atomic E-state index is 1.11. The second-order valence-electron chi connectivity index (χ2n) is 5.51. The molecule has 0 radical (unpaired) electrons. The van der Waals surface area contributed by atoms with Gasteiger partial charge in [-0.15, -0.1) is 0 Å². The number of anilines is 1. The van der Waals surface area contributed by atoms with Crippen molar-refractivity contribution in [1.29, 1.82) is 0 Å². The molecule has 2 nitrogen and oxygen atoms in total. The molecule has 2 aliphatic rings. The molecule has 1 aromatic rings. The van der Waals surface area contributed by atoms with E-state index in [0.717, 1.165) is 19.6 Å². The van der Waals surface area contributed by atoms with E-state index >= 15 is 0 Å². The predicted octanol–water partition coefficient (Wildman–Crippen LogP) is 3.20. The Balaban J connectivity index is 1.77. The van der Waals surface area contributed by atoms with E-state index in [0.29, 0.717) is 0 Å². The van der Waals surface area contributed by atoms with Gasteiger partial charge in [-0.05, 0) is 43.4 Å². The summed E-state index contributed by atoms with van der Waals surface area (Å²) in [5, 5.41) is 3.52. The van der Waals surface area contributed by atoms with E-state index in [9.17, 15) is 0 Å². The van der Waals surface area contributed by atoms with Gasteiger partial charge in [0.05, 0.1) is 0 Å². The molecule has 1 aromatic carbocycles. The van der Waals surface area contributed by atoms with E-state index < -0.39 is 0 Å². The fourth-order valence-corrected chi connectivity index (χ4v) is 2.93. The maximum atomic E-state index is 3.52. The minimum Gasteiger partial charge on any atom is -0.385 e. The zero-order chi connectivity index (χ0) is 12.4. The highest BCUT2D eigenvalue weighted by molar-refractivity contribution is 5.56. The number of nitrogens with one attached hydrogen (secondary N) is 1. The van der Waals surface area contributed by atoms with Crippen LogP contribution in [0.25, 0.3) is 0 Å². The Hall–Kier alpha value is -1.28. The van der Waals surface area contributed by atoms with Crippen molar-refractivity contribution in [2.75, 3.05) is 25.0 Å². The number of benzene rings is 1. The van der Waals surface area contributed by atoms with Crippen LogP contribution in [0.3, 0.4) is 0 Å². The topological polar surface area (TPSA) is 15.3 Å². The van der Waals surface area contributed by atoms with E-state index in [2.05, 4.69) is 41.4 Å². The minimum atomic E-state index is 1.11. The molecule has 0 unspecified atom stereocenters. The molecular weight excluding hydrogens is 220 g/mol. The van der Waals surface area contributed by atoms with E-state index in [-0.39, 0.29) is 0 Å². The third kappa shape index (κ3) is 2.44. The molecule has 1 N–H and O–H groups in total. The number of nitrogens with zero attached hydrogens (tertiary/aromatic N) is 1. The van der Waals surface area contributed by atoms with Gasteiger partial charge in [-0.2, -0.15) is 0 Å². The molecule has 0 atom stereocenters. The van der Waals surface area contributed by atoms with E-state index in [4.69, 9.17) is 0 Å². The molecule has 0 bridgehead atoms. The maximum absolute atomic E-state index is 3.52. The molecule has 18 heavy (non-hydrogen) atoms. The molecule has 0 aromatic heterocycles. The van der Waals surface area contributed by atoms with Crippen LogP contribution in [-0.4, -0.2) is 24.5 Å². The van der Waals surface area contributed by atoms with Crippen LogP contribution >= 0.6 is 0 Å². The van der Waals surface area contributed by atoms with Crippen LogP contribution in [0.5, 0.6) is 0 Å². The lowest BCUT2D eigenvalue weighted by atomic mass is 9.97. The van der Waals surface area contributed by atoms with Crippen LogP contribution in [0.15, 0.2) is 29.8 Å². The molecule has 0 amide bonds. The van der Waals surface area contributed by atoms with Crippen molar-refractivity contribution in [2.24, 2.45) is 0 Å². The monoisotopic (exact) mass is 242 g/mol. The molecule has 2 heteroatoms. The first kappa shape index (κ1) is 11.8. The van der Waals surface area contributed by atoms with Crippen molar-refractivity contribution < 1.29 is 0 Å². The molecule has 0 fully saturated rings. The van der Waals surface area contributed by atoms with E-state index in [1.165, 1.54) is 37.1 Å².